The standard InChI is InChI=1S/C11H10F3NO3S/c1-15(6-9(16)17)10(18)7-2-4-8(5-3-7)19-11(12,13)14/h2-5H,6H2,1H3,(H,16,17). The zero-order valence-electron chi connectivity index (χ0n) is 9.77. The average molecular weight is 293 g/mol. The Morgan fingerprint density at radius 3 is 2.21 bits per heavy atom. The largest absolute Gasteiger partial charge is 0.480 e. The van der Waals surface area contributed by atoms with E-state index in [9.17, 15) is 22.8 Å². The summed E-state index contributed by atoms with van der Waals surface area (Å²) in [6.07, 6.45) is 0. The van der Waals surface area contributed by atoms with Crippen molar-refractivity contribution in [3.8, 4) is 0 Å². The highest BCUT2D eigenvalue weighted by Gasteiger charge is 2.29. The summed E-state index contributed by atoms with van der Waals surface area (Å²) < 4.78 is 36.3. The van der Waals surface area contributed by atoms with Gasteiger partial charge in [0.1, 0.15) is 6.54 Å². The van der Waals surface area contributed by atoms with Crippen LogP contribution in [0.4, 0.5) is 13.2 Å². The molecule has 0 aliphatic rings. The van der Waals surface area contributed by atoms with Crippen molar-refractivity contribution in [3.05, 3.63) is 29.8 Å². The summed E-state index contributed by atoms with van der Waals surface area (Å²) in [6.45, 7) is -0.474. The maximum Gasteiger partial charge on any atom is 0.446 e. The molecule has 0 aliphatic heterocycles. The predicted octanol–water partition coefficient (Wildman–Crippen LogP) is 2.46. The zero-order chi connectivity index (χ0) is 14.6. The number of aliphatic carboxylic acids is 1. The summed E-state index contributed by atoms with van der Waals surface area (Å²) >= 11 is -0.279. The van der Waals surface area contributed by atoms with Crippen LogP contribution in [0.1, 0.15) is 10.4 Å². The van der Waals surface area contributed by atoms with Gasteiger partial charge in [-0.1, -0.05) is 0 Å². The van der Waals surface area contributed by atoms with Crippen LogP contribution in [0.5, 0.6) is 0 Å². The summed E-state index contributed by atoms with van der Waals surface area (Å²) in [5.41, 5.74) is -4.25. The Labute approximate surface area is 111 Å². The molecular formula is C11H10F3NO3S. The molecule has 1 aromatic rings. The van der Waals surface area contributed by atoms with E-state index in [1.165, 1.54) is 31.3 Å². The SMILES string of the molecule is CN(CC(=O)O)C(=O)c1ccc(SC(F)(F)F)cc1. The highest BCUT2D eigenvalue weighted by atomic mass is 32.2. The quantitative estimate of drug-likeness (QED) is 0.866. The van der Waals surface area contributed by atoms with Crippen molar-refractivity contribution in [2.24, 2.45) is 0 Å². The van der Waals surface area contributed by atoms with E-state index in [1.54, 1.807) is 0 Å². The number of carboxylic acid groups (broad SMARTS) is 1. The van der Waals surface area contributed by atoms with Crippen LogP contribution in [0.3, 0.4) is 0 Å². The first-order valence-corrected chi connectivity index (χ1v) is 5.84. The van der Waals surface area contributed by atoms with Gasteiger partial charge in [-0.05, 0) is 36.0 Å². The molecule has 1 amide bonds. The van der Waals surface area contributed by atoms with Gasteiger partial charge in [-0.3, -0.25) is 9.59 Å². The fourth-order valence-electron chi connectivity index (χ4n) is 1.29. The van der Waals surface area contributed by atoms with Gasteiger partial charge in [0.05, 0.1) is 0 Å². The lowest BCUT2D eigenvalue weighted by molar-refractivity contribution is -0.137. The average Bonchev–Trinajstić information content (AvgIpc) is 2.26. The van der Waals surface area contributed by atoms with E-state index in [2.05, 4.69) is 0 Å². The molecule has 8 heteroatoms. The molecule has 19 heavy (non-hydrogen) atoms. The van der Waals surface area contributed by atoms with E-state index in [0.29, 0.717) is 0 Å². The lowest BCUT2D eigenvalue weighted by Gasteiger charge is -2.14. The highest BCUT2D eigenvalue weighted by molar-refractivity contribution is 8.00. The number of thioether (sulfide) groups is 1. The Balaban J connectivity index is 2.76. The Morgan fingerprint density at radius 2 is 1.79 bits per heavy atom. The number of rotatable bonds is 4. The number of alkyl halides is 3. The Kier molecular flexibility index (Phi) is 4.82. The highest BCUT2D eigenvalue weighted by Crippen LogP contribution is 2.36. The summed E-state index contributed by atoms with van der Waals surface area (Å²) in [7, 11) is 1.30. The van der Waals surface area contributed by atoms with Crippen molar-refractivity contribution in [1.82, 2.24) is 4.90 Å². The first kappa shape index (κ1) is 15.4. The van der Waals surface area contributed by atoms with Gasteiger partial charge >= 0.3 is 11.5 Å². The Morgan fingerprint density at radius 1 is 1.26 bits per heavy atom. The van der Waals surface area contributed by atoms with Crippen LogP contribution in [-0.2, 0) is 4.79 Å². The van der Waals surface area contributed by atoms with E-state index in [-0.39, 0.29) is 22.2 Å². The minimum atomic E-state index is -4.38. The third kappa shape index (κ3) is 5.21. The molecule has 0 aliphatic carbocycles. The van der Waals surface area contributed by atoms with Crippen LogP contribution in [0, 0.1) is 0 Å². The van der Waals surface area contributed by atoms with Crippen LogP contribution in [0.2, 0.25) is 0 Å². The molecule has 0 radical (unpaired) electrons. The predicted molar refractivity (Wildman–Crippen MR) is 63.0 cm³/mol. The van der Waals surface area contributed by atoms with E-state index in [0.717, 1.165) is 4.90 Å². The van der Waals surface area contributed by atoms with E-state index in [1.807, 2.05) is 0 Å². The van der Waals surface area contributed by atoms with Gasteiger partial charge in [-0.2, -0.15) is 13.2 Å². The van der Waals surface area contributed by atoms with Crippen molar-refractivity contribution in [2.75, 3.05) is 13.6 Å². The Hall–Kier alpha value is -1.70. The third-order valence-corrected chi connectivity index (χ3v) is 2.79. The lowest BCUT2D eigenvalue weighted by Crippen LogP contribution is -2.31. The number of halogens is 3. The van der Waals surface area contributed by atoms with Crippen molar-refractivity contribution in [1.29, 1.82) is 0 Å². The van der Waals surface area contributed by atoms with Crippen molar-refractivity contribution < 1.29 is 27.9 Å². The van der Waals surface area contributed by atoms with Crippen LogP contribution >= 0.6 is 11.8 Å². The number of likely N-dealkylation sites (N-methyl/N-ethyl adjacent to an activating group) is 1. The normalized spacial score (nSPS) is 11.2. The first-order chi connectivity index (χ1) is 8.69. The van der Waals surface area contributed by atoms with Crippen molar-refractivity contribution >= 4 is 23.6 Å². The molecule has 0 bridgehead atoms. The number of hydrogen-bond donors (Lipinski definition) is 1. The first-order valence-electron chi connectivity index (χ1n) is 5.02. The molecule has 0 saturated heterocycles. The second kappa shape index (κ2) is 5.96. The van der Waals surface area contributed by atoms with E-state index >= 15 is 0 Å². The van der Waals surface area contributed by atoms with Crippen LogP contribution < -0.4 is 0 Å². The third-order valence-electron chi connectivity index (χ3n) is 2.05. The van der Waals surface area contributed by atoms with Crippen molar-refractivity contribution in [3.63, 3.8) is 0 Å². The molecule has 0 fully saturated rings. The van der Waals surface area contributed by atoms with E-state index in [4.69, 9.17) is 5.11 Å². The monoisotopic (exact) mass is 293 g/mol. The molecule has 0 atom stereocenters. The summed E-state index contributed by atoms with van der Waals surface area (Å²) in [5, 5.41) is 8.53. The maximum atomic E-state index is 12.1. The van der Waals surface area contributed by atoms with Crippen LogP contribution in [0.25, 0.3) is 0 Å². The van der Waals surface area contributed by atoms with E-state index < -0.39 is 23.9 Å². The van der Waals surface area contributed by atoms with Gasteiger partial charge < -0.3 is 10.0 Å². The second-order valence-corrected chi connectivity index (χ2v) is 4.77. The number of amides is 1. The Bertz CT molecular complexity index is 473. The molecular weight excluding hydrogens is 283 g/mol. The fraction of sp³-hybridized carbons (Fsp3) is 0.273. The number of benzene rings is 1. The fourth-order valence-corrected chi connectivity index (χ4v) is 1.83. The number of carbonyl (C=O) groups excluding carboxylic acids is 1. The van der Waals surface area contributed by atoms with Gasteiger partial charge in [0, 0.05) is 17.5 Å². The summed E-state index contributed by atoms with van der Waals surface area (Å²) in [6, 6.07) is 4.80. The molecule has 4 nitrogen and oxygen atoms in total. The van der Waals surface area contributed by atoms with Gasteiger partial charge in [-0.15, -0.1) is 0 Å². The number of carboxylic acids is 1. The molecule has 0 spiro atoms. The van der Waals surface area contributed by atoms with Gasteiger partial charge in [0.15, 0.2) is 0 Å². The minimum absolute atomic E-state index is 0.0371. The smallest absolute Gasteiger partial charge is 0.446 e. The number of carbonyl (C=O) groups is 2. The van der Waals surface area contributed by atoms with Crippen LogP contribution in [-0.4, -0.2) is 41.0 Å². The second-order valence-electron chi connectivity index (χ2n) is 3.63. The molecule has 0 heterocycles. The minimum Gasteiger partial charge on any atom is -0.480 e. The number of hydrogen-bond acceptors (Lipinski definition) is 3. The summed E-state index contributed by atoms with van der Waals surface area (Å²) in [5.74, 6) is -1.73. The maximum absolute atomic E-state index is 12.1. The number of nitrogens with zero attached hydrogens (tertiary/aromatic N) is 1. The topological polar surface area (TPSA) is 57.6 Å². The van der Waals surface area contributed by atoms with Gasteiger partial charge in [0.2, 0.25) is 0 Å². The molecule has 0 aromatic heterocycles. The molecule has 0 saturated carbocycles. The van der Waals surface area contributed by atoms with Gasteiger partial charge in [-0.25, -0.2) is 0 Å². The molecule has 104 valence electrons. The zero-order valence-corrected chi connectivity index (χ0v) is 10.6. The van der Waals surface area contributed by atoms with Crippen molar-refractivity contribution in [2.45, 2.75) is 10.4 Å². The molecule has 1 aromatic carbocycles. The van der Waals surface area contributed by atoms with Crippen LogP contribution in [0.15, 0.2) is 29.2 Å². The summed E-state index contributed by atoms with van der Waals surface area (Å²) in [4.78, 5) is 23.1. The molecule has 1 rings (SSSR count). The van der Waals surface area contributed by atoms with Gasteiger partial charge in [0.25, 0.3) is 5.91 Å². The molecule has 1 N–H and O–H groups in total. The lowest BCUT2D eigenvalue weighted by atomic mass is 10.2. The molecule has 0 unspecified atom stereocenters.